The van der Waals surface area contributed by atoms with E-state index in [0.29, 0.717) is 19.4 Å². The summed E-state index contributed by atoms with van der Waals surface area (Å²) in [6, 6.07) is 5.33. The van der Waals surface area contributed by atoms with E-state index in [0.717, 1.165) is 11.3 Å². The third-order valence-corrected chi connectivity index (χ3v) is 5.61. The molecule has 0 bridgehead atoms. The molecular formula is C16H23NO5S. The minimum Gasteiger partial charge on any atom is -0.478 e. The Bertz CT molecular complexity index is 711. The van der Waals surface area contributed by atoms with Crippen LogP contribution in [0.3, 0.4) is 0 Å². The summed E-state index contributed by atoms with van der Waals surface area (Å²) in [5.41, 5.74) is 2.08. The van der Waals surface area contributed by atoms with Crippen molar-refractivity contribution < 1.29 is 22.9 Å². The van der Waals surface area contributed by atoms with Gasteiger partial charge in [0.2, 0.25) is 0 Å². The van der Waals surface area contributed by atoms with Gasteiger partial charge in [0.25, 0.3) is 10.1 Å². The third-order valence-electron chi connectivity index (χ3n) is 4.81. The highest BCUT2D eigenvalue weighted by Crippen LogP contribution is 2.45. The van der Waals surface area contributed by atoms with Gasteiger partial charge < -0.3 is 10.0 Å². The van der Waals surface area contributed by atoms with Gasteiger partial charge in [0.1, 0.15) is 0 Å². The van der Waals surface area contributed by atoms with E-state index in [1.54, 1.807) is 12.1 Å². The molecule has 1 atom stereocenters. The van der Waals surface area contributed by atoms with Crippen LogP contribution >= 0.6 is 0 Å². The highest BCUT2D eigenvalue weighted by molar-refractivity contribution is 7.85. The Morgan fingerprint density at radius 2 is 1.96 bits per heavy atom. The second-order valence-corrected chi connectivity index (χ2v) is 8.19. The lowest BCUT2D eigenvalue weighted by atomic mass is 9.81. The van der Waals surface area contributed by atoms with Crippen molar-refractivity contribution in [3.63, 3.8) is 0 Å². The molecule has 0 fully saturated rings. The molecule has 0 saturated carbocycles. The Morgan fingerprint density at radius 1 is 1.30 bits per heavy atom. The summed E-state index contributed by atoms with van der Waals surface area (Å²) in [4.78, 5) is 13.4. The molecule has 0 spiro atoms. The van der Waals surface area contributed by atoms with Crippen LogP contribution in [0.4, 0.5) is 5.69 Å². The molecule has 0 radical (unpaired) electrons. The molecule has 1 aromatic carbocycles. The van der Waals surface area contributed by atoms with Crippen LogP contribution in [0.25, 0.3) is 0 Å². The number of rotatable bonds is 6. The van der Waals surface area contributed by atoms with E-state index < -0.39 is 16.1 Å². The third kappa shape index (κ3) is 3.67. The Hall–Kier alpha value is -1.60. The van der Waals surface area contributed by atoms with Crippen molar-refractivity contribution in [3.05, 3.63) is 29.3 Å². The van der Waals surface area contributed by atoms with Crippen molar-refractivity contribution in [1.29, 1.82) is 0 Å². The van der Waals surface area contributed by atoms with E-state index in [1.807, 2.05) is 6.07 Å². The van der Waals surface area contributed by atoms with Crippen LogP contribution in [-0.4, -0.2) is 42.4 Å². The fourth-order valence-corrected chi connectivity index (χ4v) is 3.71. The number of fused-ring (bicyclic) bond motifs is 1. The van der Waals surface area contributed by atoms with Gasteiger partial charge in [-0.05, 0) is 43.5 Å². The number of benzene rings is 1. The molecule has 1 aliphatic heterocycles. The second-order valence-electron chi connectivity index (χ2n) is 6.62. The molecule has 1 heterocycles. The van der Waals surface area contributed by atoms with Crippen molar-refractivity contribution in [3.8, 4) is 0 Å². The maximum absolute atomic E-state index is 11.2. The first-order valence-electron chi connectivity index (χ1n) is 7.63. The number of carboxylic acid groups (broad SMARTS) is 1. The largest absolute Gasteiger partial charge is 0.478 e. The Balaban J connectivity index is 2.19. The van der Waals surface area contributed by atoms with Gasteiger partial charge in [-0.3, -0.25) is 4.55 Å². The Morgan fingerprint density at radius 3 is 2.52 bits per heavy atom. The van der Waals surface area contributed by atoms with Crippen LogP contribution in [0.1, 0.15) is 49.5 Å². The SMILES string of the molecule is CC1N(CCCCS(=O)(=O)O)c2ccc(C(=O)O)cc2C1(C)C. The van der Waals surface area contributed by atoms with Crippen molar-refractivity contribution in [2.75, 3.05) is 17.2 Å². The maximum Gasteiger partial charge on any atom is 0.335 e. The fourth-order valence-electron chi connectivity index (χ4n) is 3.14. The standard InChI is InChI=1S/C16H23NO5S/c1-11-16(2,3)13-10-12(15(18)19)6-7-14(13)17(11)8-4-5-9-23(20,21)22/h6-7,10-11H,4-5,8-9H2,1-3H3,(H,18,19)(H,20,21,22). The van der Waals surface area contributed by atoms with Crippen molar-refractivity contribution in [2.45, 2.75) is 45.1 Å². The molecule has 0 amide bonds. The van der Waals surface area contributed by atoms with Crippen LogP contribution in [0.5, 0.6) is 0 Å². The minimum absolute atomic E-state index is 0.173. The first-order valence-corrected chi connectivity index (χ1v) is 9.24. The zero-order valence-corrected chi connectivity index (χ0v) is 14.4. The van der Waals surface area contributed by atoms with E-state index in [1.165, 1.54) is 0 Å². The minimum atomic E-state index is -3.92. The lowest BCUT2D eigenvalue weighted by molar-refractivity contribution is 0.0696. The van der Waals surface area contributed by atoms with E-state index in [4.69, 9.17) is 4.55 Å². The Labute approximate surface area is 136 Å². The molecule has 1 unspecified atom stereocenters. The van der Waals surface area contributed by atoms with E-state index in [-0.39, 0.29) is 22.8 Å². The van der Waals surface area contributed by atoms with Crippen LogP contribution in [0, 0.1) is 0 Å². The highest BCUT2D eigenvalue weighted by Gasteiger charge is 2.41. The molecule has 128 valence electrons. The van der Waals surface area contributed by atoms with Gasteiger partial charge in [-0.2, -0.15) is 8.42 Å². The van der Waals surface area contributed by atoms with Crippen LogP contribution in [0.15, 0.2) is 18.2 Å². The number of aromatic carboxylic acids is 1. The summed E-state index contributed by atoms with van der Waals surface area (Å²) < 4.78 is 30.3. The van der Waals surface area contributed by atoms with Crippen molar-refractivity contribution >= 4 is 21.8 Å². The van der Waals surface area contributed by atoms with Gasteiger partial charge in [0.05, 0.1) is 11.3 Å². The quantitative estimate of drug-likeness (QED) is 0.610. The van der Waals surface area contributed by atoms with Crippen LogP contribution < -0.4 is 4.90 Å². The summed E-state index contributed by atoms with van der Waals surface area (Å²) in [5, 5.41) is 9.17. The van der Waals surface area contributed by atoms with Crippen LogP contribution in [-0.2, 0) is 15.5 Å². The molecule has 1 aromatic rings. The summed E-state index contributed by atoms with van der Waals surface area (Å²) in [5.74, 6) is -1.17. The van der Waals surface area contributed by atoms with Gasteiger partial charge in [-0.1, -0.05) is 13.8 Å². The number of unbranched alkanes of at least 4 members (excludes halogenated alkanes) is 1. The molecule has 23 heavy (non-hydrogen) atoms. The van der Waals surface area contributed by atoms with E-state index >= 15 is 0 Å². The lowest BCUT2D eigenvalue weighted by Gasteiger charge is -2.31. The number of hydrogen-bond acceptors (Lipinski definition) is 4. The molecule has 6 nitrogen and oxygen atoms in total. The molecule has 2 N–H and O–H groups in total. The van der Waals surface area contributed by atoms with Gasteiger partial charge in [0, 0.05) is 23.7 Å². The van der Waals surface area contributed by atoms with Gasteiger partial charge in [0.15, 0.2) is 0 Å². The number of carboxylic acids is 1. The lowest BCUT2D eigenvalue weighted by Crippen LogP contribution is -2.39. The predicted molar refractivity (Wildman–Crippen MR) is 88.9 cm³/mol. The second kappa shape index (κ2) is 6.13. The zero-order valence-electron chi connectivity index (χ0n) is 13.6. The van der Waals surface area contributed by atoms with E-state index in [9.17, 15) is 18.3 Å². The summed E-state index contributed by atoms with van der Waals surface area (Å²) in [7, 11) is -3.92. The summed E-state index contributed by atoms with van der Waals surface area (Å²) >= 11 is 0. The van der Waals surface area contributed by atoms with Gasteiger partial charge in [-0.15, -0.1) is 0 Å². The number of carbonyl (C=O) groups is 1. The number of anilines is 1. The first-order chi connectivity index (χ1) is 10.5. The highest BCUT2D eigenvalue weighted by atomic mass is 32.2. The molecule has 0 aliphatic carbocycles. The smallest absolute Gasteiger partial charge is 0.335 e. The molecule has 2 rings (SSSR count). The van der Waals surface area contributed by atoms with E-state index in [2.05, 4.69) is 25.7 Å². The maximum atomic E-state index is 11.2. The molecular weight excluding hydrogens is 318 g/mol. The topological polar surface area (TPSA) is 94.9 Å². The molecule has 1 aliphatic rings. The average Bonchev–Trinajstić information content (AvgIpc) is 2.62. The average molecular weight is 341 g/mol. The monoisotopic (exact) mass is 341 g/mol. The zero-order chi connectivity index (χ0) is 17.4. The molecule has 0 aromatic heterocycles. The van der Waals surface area contributed by atoms with Crippen molar-refractivity contribution in [1.82, 2.24) is 0 Å². The van der Waals surface area contributed by atoms with Gasteiger partial charge in [-0.25, -0.2) is 4.79 Å². The molecule has 0 saturated heterocycles. The Kier molecular flexibility index (Phi) is 4.73. The summed E-state index contributed by atoms with van der Waals surface area (Å²) in [6.07, 6.45) is 1.03. The predicted octanol–water partition coefficient (Wildman–Crippen LogP) is 2.54. The normalized spacial score (nSPS) is 19.7. The summed E-state index contributed by atoms with van der Waals surface area (Å²) in [6.45, 7) is 6.92. The number of nitrogens with zero attached hydrogens (tertiary/aromatic N) is 1. The van der Waals surface area contributed by atoms with Crippen molar-refractivity contribution in [2.24, 2.45) is 0 Å². The fraction of sp³-hybridized carbons (Fsp3) is 0.562. The molecule has 7 heteroatoms. The first kappa shape index (κ1) is 17.7. The van der Waals surface area contributed by atoms with Crippen LogP contribution in [0.2, 0.25) is 0 Å². The van der Waals surface area contributed by atoms with Gasteiger partial charge >= 0.3 is 5.97 Å². The number of hydrogen-bond donors (Lipinski definition) is 2.